The normalized spacial score (nSPS) is 18.5. The molecule has 0 spiro atoms. The summed E-state index contributed by atoms with van der Waals surface area (Å²) in [4.78, 5) is 2.32. The molecule has 25 heavy (non-hydrogen) atoms. The Balaban J connectivity index is 1.87. The van der Waals surface area contributed by atoms with E-state index in [9.17, 15) is 5.11 Å². The standard InChI is InChI=1S/C21H27NO3/c1-4-21(23)25-18-10-11-19-16(12-18)13-22(3)14-20(19)15-6-8-17(9-7-15)24-5-2/h6-12,20-21,23H,4-5,13-14H2,1-3H3. The van der Waals surface area contributed by atoms with Crippen molar-refractivity contribution in [2.45, 2.75) is 39.0 Å². The molecule has 0 amide bonds. The van der Waals surface area contributed by atoms with Gasteiger partial charge in [-0.05, 0) is 54.9 Å². The van der Waals surface area contributed by atoms with Crippen LogP contribution in [0.5, 0.6) is 11.5 Å². The molecule has 0 saturated carbocycles. The van der Waals surface area contributed by atoms with Crippen molar-refractivity contribution in [3.63, 3.8) is 0 Å². The SMILES string of the molecule is CCOc1ccc(C2CN(C)Cc3cc(OC(O)CC)ccc32)cc1. The third-order valence-electron chi connectivity index (χ3n) is 4.64. The van der Waals surface area contributed by atoms with Crippen LogP contribution in [0.2, 0.25) is 0 Å². The minimum atomic E-state index is -0.749. The van der Waals surface area contributed by atoms with E-state index in [4.69, 9.17) is 9.47 Å². The lowest BCUT2D eigenvalue weighted by atomic mass is 9.84. The Morgan fingerprint density at radius 1 is 1.12 bits per heavy atom. The number of rotatable bonds is 6. The average molecular weight is 341 g/mol. The van der Waals surface area contributed by atoms with Crippen molar-refractivity contribution in [3.8, 4) is 11.5 Å². The van der Waals surface area contributed by atoms with Crippen LogP contribution in [0.3, 0.4) is 0 Å². The van der Waals surface area contributed by atoms with Crippen LogP contribution in [0, 0.1) is 0 Å². The van der Waals surface area contributed by atoms with Crippen LogP contribution in [0.4, 0.5) is 0 Å². The molecule has 1 N–H and O–H groups in total. The Kier molecular flexibility index (Phi) is 5.61. The highest BCUT2D eigenvalue weighted by atomic mass is 16.6. The predicted molar refractivity (Wildman–Crippen MR) is 99.2 cm³/mol. The molecule has 4 heteroatoms. The summed E-state index contributed by atoms with van der Waals surface area (Å²) in [6.45, 7) is 6.45. The van der Waals surface area contributed by atoms with Crippen molar-refractivity contribution < 1.29 is 14.6 Å². The summed E-state index contributed by atoms with van der Waals surface area (Å²) in [7, 11) is 2.14. The van der Waals surface area contributed by atoms with Gasteiger partial charge >= 0.3 is 0 Å². The minimum absolute atomic E-state index is 0.328. The molecule has 2 aromatic rings. The molecule has 0 radical (unpaired) electrons. The first-order valence-corrected chi connectivity index (χ1v) is 8.99. The van der Waals surface area contributed by atoms with Crippen LogP contribution in [0.15, 0.2) is 42.5 Å². The number of likely N-dealkylation sites (N-methyl/N-ethyl adjacent to an activating group) is 1. The Bertz CT molecular complexity index is 699. The van der Waals surface area contributed by atoms with Gasteiger partial charge in [-0.1, -0.05) is 25.1 Å². The maximum absolute atomic E-state index is 9.72. The zero-order valence-corrected chi connectivity index (χ0v) is 15.2. The van der Waals surface area contributed by atoms with Crippen molar-refractivity contribution in [3.05, 3.63) is 59.2 Å². The fraction of sp³-hybridized carbons (Fsp3) is 0.429. The van der Waals surface area contributed by atoms with Gasteiger partial charge in [-0.25, -0.2) is 0 Å². The fourth-order valence-electron chi connectivity index (χ4n) is 3.39. The molecule has 0 saturated heterocycles. The fourth-order valence-corrected chi connectivity index (χ4v) is 3.39. The van der Waals surface area contributed by atoms with E-state index in [1.807, 2.05) is 32.0 Å². The molecule has 2 aromatic carbocycles. The van der Waals surface area contributed by atoms with Crippen LogP contribution in [0.1, 0.15) is 42.9 Å². The van der Waals surface area contributed by atoms with E-state index in [0.29, 0.717) is 18.9 Å². The molecule has 2 atom stereocenters. The molecule has 1 aliphatic heterocycles. The summed E-state index contributed by atoms with van der Waals surface area (Å²) in [6, 6.07) is 14.6. The number of hydrogen-bond donors (Lipinski definition) is 1. The molecule has 4 nitrogen and oxygen atoms in total. The van der Waals surface area contributed by atoms with Gasteiger partial charge < -0.3 is 19.5 Å². The predicted octanol–water partition coefficient (Wildman–Crippen LogP) is 3.77. The molecule has 0 bridgehead atoms. The maximum atomic E-state index is 9.72. The first-order chi connectivity index (χ1) is 12.1. The van der Waals surface area contributed by atoms with Crippen molar-refractivity contribution in [2.75, 3.05) is 20.2 Å². The van der Waals surface area contributed by atoms with Gasteiger partial charge in [-0.2, -0.15) is 0 Å². The summed E-state index contributed by atoms with van der Waals surface area (Å²) in [6.07, 6.45) is -0.174. The van der Waals surface area contributed by atoms with Crippen LogP contribution in [-0.2, 0) is 6.54 Å². The minimum Gasteiger partial charge on any atom is -0.494 e. The van der Waals surface area contributed by atoms with E-state index < -0.39 is 6.29 Å². The van der Waals surface area contributed by atoms with E-state index in [-0.39, 0.29) is 0 Å². The first-order valence-electron chi connectivity index (χ1n) is 8.99. The van der Waals surface area contributed by atoms with Crippen molar-refractivity contribution in [1.29, 1.82) is 0 Å². The molecule has 0 fully saturated rings. The summed E-state index contributed by atoms with van der Waals surface area (Å²) in [5.74, 6) is 1.97. The molecular weight excluding hydrogens is 314 g/mol. The van der Waals surface area contributed by atoms with Crippen LogP contribution in [0.25, 0.3) is 0 Å². The van der Waals surface area contributed by atoms with Gasteiger partial charge in [0.1, 0.15) is 11.5 Å². The highest BCUT2D eigenvalue weighted by Crippen LogP contribution is 2.35. The molecule has 0 aliphatic carbocycles. The van der Waals surface area contributed by atoms with E-state index in [0.717, 1.165) is 24.6 Å². The molecule has 134 valence electrons. The van der Waals surface area contributed by atoms with Crippen molar-refractivity contribution in [2.24, 2.45) is 0 Å². The van der Waals surface area contributed by atoms with Crippen LogP contribution < -0.4 is 9.47 Å². The summed E-state index contributed by atoms with van der Waals surface area (Å²) < 4.78 is 11.1. The van der Waals surface area contributed by atoms with Crippen molar-refractivity contribution >= 4 is 0 Å². The van der Waals surface area contributed by atoms with E-state index in [1.165, 1.54) is 16.7 Å². The van der Waals surface area contributed by atoms with E-state index in [2.05, 4.69) is 36.2 Å². The highest BCUT2D eigenvalue weighted by molar-refractivity contribution is 5.45. The third-order valence-corrected chi connectivity index (χ3v) is 4.64. The topological polar surface area (TPSA) is 41.9 Å². The Labute approximate surface area is 150 Å². The lowest BCUT2D eigenvalue weighted by Gasteiger charge is -2.33. The molecule has 0 aromatic heterocycles. The lowest BCUT2D eigenvalue weighted by molar-refractivity contribution is -0.0192. The monoisotopic (exact) mass is 341 g/mol. The smallest absolute Gasteiger partial charge is 0.197 e. The summed E-state index contributed by atoms with van der Waals surface area (Å²) in [5, 5.41) is 9.72. The van der Waals surface area contributed by atoms with Gasteiger partial charge in [0.15, 0.2) is 6.29 Å². The van der Waals surface area contributed by atoms with Gasteiger partial charge in [-0.15, -0.1) is 0 Å². The van der Waals surface area contributed by atoms with Gasteiger partial charge in [0.2, 0.25) is 0 Å². The average Bonchev–Trinajstić information content (AvgIpc) is 2.61. The number of benzene rings is 2. The Morgan fingerprint density at radius 2 is 1.84 bits per heavy atom. The van der Waals surface area contributed by atoms with Gasteiger partial charge in [0.25, 0.3) is 0 Å². The lowest BCUT2D eigenvalue weighted by Crippen LogP contribution is -2.31. The van der Waals surface area contributed by atoms with Gasteiger partial charge in [0.05, 0.1) is 6.61 Å². The zero-order chi connectivity index (χ0) is 17.8. The molecule has 1 heterocycles. The largest absolute Gasteiger partial charge is 0.494 e. The molecule has 3 rings (SSSR count). The first kappa shape index (κ1) is 17.8. The second-order valence-corrected chi connectivity index (χ2v) is 6.59. The van der Waals surface area contributed by atoms with Crippen LogP contribution >= 0.6 is 0 Å². The molecular formula is C21H27NO3. The van der Waals surface area contributed by atoms with Gasteiger partial charge in [0, 0.05) is 25.4 Å². The van der Waals surface area contributed by atoms with Crippen molar-refractivity contribution in [1.82, 2.24) is 4.90 Å². The number of nitrogens with zero attached hydrogens (tertiary/aromatic N) is 1. The molecule has 1 aliphatic rings. The Morgan fingerprint density at radius 3 is 2.52 bits per heavy atom. The van der Waals surface area contributed by atoms with E-state index >= 15 is 0 Å². The number of fused-ring (bicyclic) bond motifs is 1. The third kappa shape index (κ3) is 4.14. The Hall–Kier alpha value is -2.04. The quantitative estimate of drug-likeness (QED) is 0.812. The number of aliphatic hydroxyl groups excluding tert-OH is 1. The maximum Gasteiger partial charge on any atom is 0.197 e. The van der Waals surface area contributed by atoms with Gasteiger partial charge in [-0.3, -0.25) is 0 Å². The number of aliphatic hydroxyl groups is 1. The summed E-state index contributed by atoms with van der Waals surface area (Å²) in [5.41, 5.74) is 3.88. The highest BCUT2D eigenvalue weighted by Gasteiger charge is 2.25. The second-order valence-electron chi connectivity index (χ2n) is 6.59. The number of ether oxygens (including phenoxy) is 2. The second kappa shape index (κ2) is 7.89. The summed E-state index contributed by atoms with van der Waals surface area (Å²) >= 11 is 0. The van der Waals surface area contributed by atoms with E-state index in [1.54, 1.807) is 0 Å². The van der Waals surface area contributed by atoms with Crippen LogP contribution in [-0.4, -0.2) is 36.5 Å². The number of hydrogen-bond acceptors (Lipinski definition) is 4. The molecule has 2 unspecified atom stereocenters. The zero-order valence-electron chi connectivity index (χ0n) is 15.2.